The zero-order valence-electron chi connectivity index (χ0n) is 10.2. The molecule has 0 spiro atoms. The maximum absolute atomic E-state index is 5.88. The zero-order chi connectivity index (χ0) is 13.2. The van der Waals surface area contributed by atoms with E-state index >= 15 is 0 Å². The largest absolute Gasteiger partial charge is 0.384 e. The highest BCUT2D eigenvalue weighted by Gasteiger charge is 2.12. The van der Waals surface area contributed by atoms with E-state index in [4.69, 9.17) is 16.3 Å². The molecule has 5 nitrogen and oxygen atoms in total. The van der Waals surface area contributed by atoms with E-state index in [1.807, 2.05) is 24.3 Å². The van der Waals surface area contributed by atoms with Gasteiger partial charge in [0.25, 0.3) is 0 Å². The average Bonchev–Trinajstić information content (AvgIpc) is 2.98. The minimum absolute atomic E-state index is 0.606. The standard InChI is InChI=1S/C12H11ClN4OS/c1-18-7-6-10-14-15-12-17(10)16-11(19-12)8-2-4-9(13)5-3-8/h2-5H,6-7H2,1H3. The maximum Gasteiger partial charge on any atom is 0.234 e. The van der Waals surface area contributed by atoms with Gasteiger partial charge < -0.3 is 4.74 Å². The molecule has 0 aliphatic carbocycles. The van der Waals surface area contributed by atoms with Crippen molar-refractivity contribution in [2.45, 2.75) is 6.42 Å². The highest BCUT2D eigenvalue weighted by Crippen LogP contribution is 2.26. The van der Waals surface area contributed by atoms with E-state index in [2.05, 4.69) is 15.3 Å². The van der Waals surface area contributed by atoms with Gasteiger partial charge in [0.1, 0.15) is 5.01 Å². The molecule has 1 aromatic carbocycles. The molecule has 0 aliphatic rings. The Morgan fingerprint density at radius 1 is 1.26 bits per heavy atom. The highest BCUT2D eigenvalue weighted by molar-refractivity contribution is 7.19. The maximum atomic E-state index is 5.88. The smallest absolute Gasteiger partial charge is 0.234 e. The Kier molecular flexibility index (Phi) is 3.46. The summed E-state index contributed by atoms with van der Waals surface area (Å²) < 4.78 is 6.82. The van der Waals surface area contributed by atoms with E-state index in [1.165, 1.54) is 11.3 Å². The summed E-state index contributed by atoms with van der Waals surface area (Å²) in [7, 11) is 1.67. The normalized spacial score (nSPS) is 11.3. The molecule has 0 radical (unpaired) electrons. The van der Waals surface area contributed by atoms with Crippen LogP contribution in [0.3, 0.4) is 0 Å². The first kappa shape index (κ1) is 12.5. The van der Waals surface area contributed by atoms with Crippen LogP contribution in [0.1, 0.15) is 5.82 Å². The Morgan fingerprint density at radius 3 is 2.79 bits per heavy atom. The topological polar surface area (TPSA) is 52.3 Å². The molecular formula is C12H11ClN4OS. The van der Waals surface area contributed by atoms with Crippen molar-refractivity contribution in [3.8, 4) is 10.6 Å². The second kappa shape index (κ2) is 5.24. The summed E-state index contributed by atoms with van der Waals surface area (Å²) in [6.45, 7) is 0.606. The quantitative estimate of drug-likeness (QED) is 0.742. The van der Waals surface area contributed by atoms with Crippen LogP contribution in [0, 0.1) is 0 Å². The third-order valence-electron chi connectivity index (χ3n) is 2.68. The minimum atomic E-state index is 0.606. The Labute approximate surface area is 118 Å². The fourth-order valence-corrected chi connectivity index (χ4v) is 2.71. The van der Waals surface area contributed by atoms with E-state index in [0.29, 0.717) is 18.1 Å². The van der Waals surface area contributed by atoms with Crippen LogP contribution in [0.15, 0.2) is 24.3 Å². The monoisotopic (exact) mass is 294 g/mol. The lowest BCUT2D eigenvalue weighted by Gasteiger charge is -1.96. The fraction of sp³-hybridized carbons (Fsp3) is 0.250. The van der Waals surface area contributed by atoms with Crippen molar-refractivity contribution in [2.75, 3.05) is 13.7 Å². The third kappa shape index (κ3) is 2.47. The number of halogens is 1. The molecule has 98 valence electrons. The molecule has 0 bridgehead atoms. The first-order valence-corrected chi connectivity index (χ1v) is 6.93. The van der Waals surface area contributed by atoms with Gasteiger partial charge in [0.05, 0.1) is 6.61 Å². The molecule has 2 aromatic heterocycles. The molecule has 0 saturated carbocycles. The van der Waals surface area contributed by atoms with Gasteiger partial charge in [-0.1, -0.05) is 35.1 Å². The molecule has 0 unspecified atom stereocenters. The number of aromatic nitrogens is 4. The molecular weight excluding hydrogens is 284 g/mol. The van der Waals surface area contributed by atoms with Gasteiger partial charge in [0.15, 0.2) is 5.82 Å². The molecule has 3 rings (SSSR count). The highest BCUT2D eigenvalue weighted by atomic mass is 35.5. The van der Waals surface area contributed by atoms with Crippen molar-refractivity contribution in [1.82, 2.24) is 19.8 Å². The first-order valence-electron chi connectivity index (χ1n) is 5.74. The number of rotatable bonds is 4. The van der Waals surface area contributed by atoms with Crippen LogP contribution in [-0.4, -0.2) is 33.5 Å². The van der Waals surface area contributed by atoms with Gasteiger partial charge in [0.2, 0.25) is 4.96 Å². The molecule has 7 heteroatoms. The second-order valence-electron chi connectivity index (χ2n) is 3.97. The van der Waals surface area contributed by atoms with Gasteiger partial charge in [-0.25, -0.2) is 0 Å². The van der Waals surface area contributed by atoms with Crippen LogP contribution >= 0.6 is 22.9 Å². The van der Waals surface area contributed by atoms with Gasteiger partial charge in [-0.2, -0.15) is 9.61 Å². The van der Waals surface area contributed by atoms with Crippen molar-refractivity contribution < 1.29 is 4.74 Å². The Morgan fingerprint density at radius 2 is 2.05 bits per heavy atom. The Hall–Kier alpha value is -1.50. The molecule has 0 amide bonds. The number of nitrogens with zero attached hydrogens (tertiary/aromatic N) is 4. The van der Waals surface area contributed by atoms with Gasteiger partial charge in [-0.15, -0.1) is 10.2 Å². The summed E-state index contributed by atoms with van der Waals surface area (Å²) in [6.07, 6.45) is 0.696. The molecule has 0 fully saturated rings. The van der Waals surface area contributed by atoms with Crippen molar-refractivity contribution >= 4 is 27.9 Å². The van der Waals surface area contributed by atoms with Crippen molar-refractivity contribution in [3.05, 3.63) is 35.1 Å². The lowest BCUT2D eigenvalue weighted by atomic mass is 10.2. The zero-order valence-corrected chi connectivity index (χ0v) is 11.8. The average molecular weight is 295 g/mol. The van der Waals surface area contributed by atoms with E-state index in [0.717, 1.165) is 21.4 Å². The molecule has 0 atom stereocenters. The molecule has 0 saturated heterocycles. The Bertz CT molecular complexity index is 691. The second-order valence-corrected chi connectivity index (χ2v) is 5.36. The minimum Gasteiger partial charge on any atom is -0.384 e. The van der Waals surface area contributed by atoms with Gasteiger partial charge >= 0.3 is 0 Å². The number of ether oxygens (including phenoxy) is 1. The number of benzene rings is 1. The summed E-state index contributed by atoms with van der Waals surface area (Å²) in [5, 5.41) is 14.4. The summed E-state index contributed by atoms with van der Waals surface area (Å²) >= 11 is 7.39. The molecule has 0 N–H and O–H groups in total. The van der Waals surface area contributed by atoms with Crippen molar-refractivity contribution in [1.29, 1.82) is 0 Å². The van der Waals surface area contributed by atoms with Gasteiger partial charge in [-0.05, 0) is 12.1 Å². The van der Waals surface area contributed by atoms with Crippen molar-refractivity contribution in [3.63, 3.8) is 0 Å². The van der Waals surface area contributed by atoms with Crippen LogP contribution in [0.25, 0.3) is 15.5 Å². The molecule has 0 aliphatic heterocycles. The predicted octanol–water partition coefficient (Wildman–Crippen LogP) is 2.70. The van der Waals surface area contributed by atoms with E-state index in [1.54, 1.807) is 11.6 Å². The number of methoxy groups -OCH3 is 1. The van der Waals surface area contributed by atoms with Crippen LogP contribution in [0.5, 0.6) is 0 Å². The number of hydrogen-bond acceptors (Lipinski definition) is 5. The van der Waals surface area contributed by atoms with Gasteiger partial charge in [0, 0.05) is 24.1 Å². The molecule has 3 aromatic rings. The molecule has 2 heterocycles. The first-order chi connectivity index (χ1) is 9.28. The number of fused-ring (bicyclic) bond motifs is 1. The third-order valence-corrected chi connectivity index (χ3v) is 3.88. The summed E-state index contributed by atoms with van der Waals surface area (Å²) in [5.74, 6) is 0.813. The molecule has 19 heavy (non-hydrogen) atoms. The van der Waals surface area contributed by atoms with Gasteiger partial charge in [-0.3, -0.25) is 0 Å². The van der Waals surface area contributed by atoms with Crippen LogP contribution in [0.4, 0.5) is 0 Å². The van der Waals surface area contributed by atoms with Crippen molar-refractivity contribution in [2.24, 2.45) is 0 Å². The summed E-state index contributed by atoms with van der Waals surface area (Å²) in [5.41, 5.74) is 1.03. The fourth-order valence-electron chi connectivity index (χ4n) is 1.72. The number of hydrogen-bond donors (Lipinski definition) is 0. The lowest BCUT2D eigenvalue weighted by molar-refractivity contribution is 0.200. The van der Waals surface area contributed by atoms with E-state index < -0.39 is 0 Å². The van der Waals surface area contributed by atoms with E-state index in [9.17, 15) is 0 Å². The predicted molar refractivity (Wildman–Crippen MR) is 74.7 cm³/mol. The van der Waals surface area contributed by atoms with Crippen LogP contribution in [-0.2, 0) is 11.2 Å². The summed E-state index contributed by atoms with van der Waals surface area (Å²) in [4.78, 5) is 0.788. The SMILES string of the molecule is COCCc1nnc2sc(-c3ccc(Cl)cc3)nn12. The van der Waals surface area contributed by atoms with Crippen LogP contribution in [0.2, 0.25) is 5.02 Å². The van der Waals surface area contributed by atoms with E-state index in [-0.39, 0.29) is 0 Å². The van der Waals surface area contributed by atoms with Crippen LogP contribution < -0.4 is 0 Å². The lowest BCUT2D eigenvalue weighted by Crippen LogP contribution is -2.01. The summed E-state index contributed by atoms with van der Waals surface area (Å²) in [6, 6.07) is 7.60. The Balaban J connectivity index is 1.97.